The molecule has 4 atom stereocenters. The van der Waals surface area contributed by atoms with Gasteiger partial charge >= 0.3 is 0 Å². The Balaban J connectivity index is 1.40. The molecule has 38 heavy (non-hydrogen) atoms. The molecule has 8 nitrogen and oxygen atoms in total. The van der Waals surface area contributed by atoms with E-state index in [0.717, 1.165) is 47.6 Å². The number of carbonyl (C=O) groups is 3. The fourth-order valence-electron chi connectivity index (χ4n) is 5.38. The molecule has 0 bridgehead atoms. The second-order valence-electron chi connectivity index (χ2n) is 11.7. The lowest BCUT2D eigenvalue weighted by Crippen LogP contribution is -2.57. The Hall–Kier alpha value is -2.78. The normalized spacial score (nSPS) is 21.2. The van der Waals surface area contributed by atoms with E-state index in [9.17, 15) is 14.4 Å². The first-order chi connectivity index (χ1) is 18.0. The van der Waals surface area contributed by atoms with Crippen molar-refractivity contribution in [2.45, 2.75) is 78.4 Å². The van der Waals surface area contributed by atoms with Crippen LogP contribution in [0.5, 0.6) is 0 Å². The number of carbonyl (C=O) groups excluding carboxylic acids is 3. The fourth-order valence-corrected chi connectivity index (χ4v) is 6.20. The maximum atomic E-state index is 13.7. The van der Waals surface area contributed by atoms with Crippen LogP contribution in [0.2, 0.25) is 0 Å². The van der Waals surface area contributed by atoms with Crippen LogP contribution in [-0.4, -0.2) is 59.3 Å². The van der Waals surface area contributed by atoms with Crippen LogP contribution in [0.15, 0.2) is 29.8 Å². The summed E-state index contributed by atoms with van der Waals surface area (Å²) in [7, 11) is 0. The second kappa shape index (κ2) is 11.9. The van der Waals surface area contributed by atoms with Gasteiger partial charge in [-0.1, -0.05) is 45.0 Å². The maximum Gasteiger partial charge on any atom is 0.246 e. The Morgan fingerprint density at radius 2 is 1.89 bits per heavy atom. The predicted molar refractivity (Wildman–Crippen MR) is 151 cm³/mol. The summed E-state index contributed by atoms with van der Waals surface area (Å²) in [5.74, 6) is -0.123. The number of aryl methyl sites for hydroxylation is 1. The number of thiazole rings is 1. The van der Waals surface area contributed by atoms with Crippen molar-refractivity contribution in [2.75, 3.05) is 19.6 Å². The molecule has 3 N–H and O–H groups in total. The average molecular weight is 540 g/mol. The molecule has 2 fully saturated rings. The summed E-state index contributed by atoms with van der Waals surface area (Å²) < 4.78 is 0. The third kappa shape index (κ3) is 6.61. The molecule has 1 unspecified atom stereocenters. The minimum Gasteiger partial charge on any atom is -0.348 e. The van der Waals surface area contributed by atoms with Crippen molar-refractivity contribution in [3.05, 3.63) is 41.0 Å². The molecular weight excluding hydrogens is 498 g/mol. The standard InChI is InChI=1S/C29H41N5O3S/c1-18(21-8-10-22(11-9-21)25-19(2)31-17-38-25)32-27(36)23-7-6-14-34(23)28(37)26(29(3,4)5)33-24(35)15-20-12-13-30-16-20/h8-11,17-18,20,23,26,30H,6-7,12-16H2,1-5H3,(H,32,36)(H,33,35)/t18-,20?,23-,26+/m0/s1. The zero-order valence-corrected chi connectivity index (χ0v) is 24.0. The minimum absolute atomic E-state index is 0.0993. The number of rotatable bonds is 8. The van der Waals surface area contributed by atoms with Crippen molar-refractivity contribution >= 4 is 29.1 Å². The lowest BCUT2D eigenvalue weighted by molar-refractivity contribution is -0.144. The van der Waals surface area contributed by atoms with Crippen molar-refractivity contribution in [1.29, 1.82) is 0 Å². The van der Waals surface area contributed by atoms with E-state index in [0.29, 0.717) is 25.3 Å². The lowest BCUT2D eigenvalue weighted by atomic mass is 9.85. The molecule has 2 saturated heterocycles. The van der Waals surface area contributed by atoms with E-state index in [4.69, 9.17) is 0 Å². The average Bonchev–Trinajstić information content (AvgIpc) is 3.64. The van der Waals surface area contributed by atoms with E-state index in [1.807, 2.05) is 52.3 Å². The molecule has 4 rings (SSSR count). The molecular formula is C29H41N5O3S. The molecule has 0 spiro atoms. The Labute approximate surface area is 230 Å². The maximum absolute atomic E-state index is 13.7. The molecule has 2 aliphatic rings. The van der Waals surface area contributed by atoms with Gasteiger partial charge < -0.3 is 20.9 Å². The molecule has 1 aromatic heterocycles. The van der Waals surface area contributed by atoms with Gasteiger partial charge in [-0.25, -0.2) is 4.98 Å². The van der Waals surface area contributed by atoms with Crippen molar-refractivity contribution in [1.82, 2.24) is 25.8 Å². The smallest absolute Gasteiger partial charge is 0.246 e. The monoisotopic (exact) mass is 539 g/mol. The fraction of sp³-hybridized carbons (Fsp3) is 0.586. The van der Waals surface area contributed by atoms with E-state index in [1.165, 1.54) is 0 Å². The van der Waals surface area contributed by atoms with E-state index in [1.54, 1.807) is 16.2 Å². The van der Waals surface area contributed by atoms with E-state index in [-0.39, 0.29) is 23.8 Å². The molecule has 206 valence electrons. The van der Waals surface area contributed by atoms with Gasteiger partial charge in [0, 0.05) is 13.0 Å². The van der Waals surface area contributed by atoms with Crippen LogP contribution >= 0.6 is 11.3 Å². The number of amides is 3. The van der Waals surface area contributed by atoms with Gasteiger partial charge in [0.05, 0.1) is 22.1 Å². The van der Waals surface area contributed by atoms with Crippen molar-refractivity contribution in [3.63, 3.8) is 0 Å². The summed E-state index contributed by atoms with van der Waals surface area (Å²) in [5.41, 5.74) is 4.49. The van der Waals surface area contributed by atoms with Crippen LogP contribution in [0.25, 0.3) is 10.4 Å². The van der Waals surface area contributed by atoms with Crippen LogP contribution in [-0.2, 0) is 14.4 Å². The molecule has 0 radical (unpaired) electrons. The van der Waals surface area contributed by atoms with Gasteiger partial charge in [0.1, 0.15) is 12.1 Å². The Bertz CT molecular complexity index is 1130. The Morgan fingerprint density at radius 3 is 2.50 bits per heavy atom. The van der Waals surface area contributed by atoms with E-state index >= 15 is 0 Å². The number of nitrogens with one attached hydrogen (secondary N) is 3. The van der Waals surface area contributed by atoms with Crippen LogP contribution < -0.4 is 16.0 Å². The van der Waals surface area contributed by atoms with Gasteiger partial charge in [-0.15, -0.1) is 11.3 Å². The number of hydrogen-bond donors (Lipinski definition) is 3. The molecule has 9 heteroatoms. The number of benzene rings is 1. The van der Waals surface area contributed by atoms with Gasteiger partial charge in [-0.05, 0) is 68.7 Å². The van der Waals surface area contributed by atoms with Crippen molar-refractivity contribution < 1.29 is 14.4 Å². The molecule has 1 aromatic carbocycles. The van der Waals surface area contributed by atoms with E-state index in [2.05, 4.69) is 33.1 Å². The zero-order chi connectivity index (χ0) is 27.4. The van der Waals surface area contributed by atoms with Gasteiger partial charge in [0.15, 0.2) is 0 Å². The summed E-state index contributed by atoms with van der Waals surface area (Å²) in [5, 5.41) is 9.42. The highest BCUT2D eigenvalue weighted by Crippen LogP contribution is 2.29. The highest BCUT2D eigenvalue weighted by atomic mass is 32.1. The quantitative estimate of drug-likeness (QED) is 0.473. The summed E-state index contributed by atoms with van der Waals surface area (Å²) >= 11 is 1.61. The zero-order valence-electron chi connectivity index (χ0n) is 23.2. The third-order valence-electron chi connectivity index (χ3n) is 7.67. The van der Waals surface area contributed by atoms with Gasteiger partial charge in [0.25, 0.3) is 0 Å². The van der Waals surface area contributed by atoms with Crippen LogP contribution in [0, 0.1) is 18.3 Å². The van der Waals surface area contributed by atoms with Crippen LogP contribution in [0.1, 0.15) is 70.7 Å². The van der Waals surface area contributed by atoms with E-state index < -0.39 is 17.5 Å². The molecule has 0 aliphatic carbocycles. The largest absolute Gasteiger partial charge is 0.348 e. The van der Waals surface area contributed by atoms with Gasteiger partial charge in [-0.2, -0.15) is 0 Å². The van der Waals surface area contributed by atoms with Gasteiger partial charge in [0.2, 0.25) is 17.7 Å². The second-order valence-corrected chi connectivity index (χ2v) is 12.6. The first kappa shape index (κ1) is 28.2. The van der Waals surface area contributed by atoms with Crippen molar-refractivity contribution in [3.8, 4) is 10.4 Å². The predicted octanol–water partition coefficient (Wildman–Crippen LogP) is 3.82. The Morgan fingerprint density at radius 1 is 1.16 bits per heavy atom. The molecule has 3 amide bonds. The highest BCUT2D eigenvalue weighted by Gasteiger charge is 2.42. The summed E-state index contributed by atoms with van der Waals surface area (Å²) in [6.07, 6.45) is 2.77. The SMILES string of the molecule is Cc1ncsc1-c1ccc([C@H](C)NC(=O)[C@@H]2CCCN2C(=O)[C@@H](NC(=O)CC2CCNC2)C(C)(C)C)cc1. The number of hydrogen-bond acceptors (Lipinski definition) is 6. The van der Waals surface area contributed by atoms with Gasteiger partial charge in [-0.3, -0.25) is 14.4 Å². The Kier molecular flexibility index (Phi) is 8.88. The minimum atomic E-state index is -0.682. The number of nitrogens with zero attached hydrogens (tertiary/aromatic N) is 2. The highest BCUT2D eigenvalue weighted by molar-refractivity contribution is 7.13. The summed E-state index contributed by atoms with van der Waals surface area (Å²) in [6, 6.07) is 6.76. The molecule has 0 saturated carbocycles. The molecule has 2 aromatic rings. The number of aromatic nitrogens is 1. The first-order valence-electron chi connectivity index (χ1n) is 13.7. The molecule has 3 heterocycles. The van der Waals surface area contributed by atoms with Crippen LogP contribution in [0.4, 0.5) is 0 Å². The lowest BCUT2D eigenvalue weighted by Gasteiger charge is -2.35. The van der Waals surface area contributed by atoms with Crippen LogP contribution in [0.3, 0.4) is 0 Å². The number of likely N-dealkylation sites (tertiary alicyclic amines) is 1. The summed E-state index contributed by atoms with van der Waals surface area (Å²) in [6.45, 7) is 12.1. The first-order valence-corrected chi connectivity index (χ1v) is 14.5. The van der Waals surface area contributed by atoms with Crippen molar-refractivity contribution in [2.24, 2.45) is 11.3 Å². The summed E-state index contributed by atoms with van der Waals surface area (Å²) in [4.78, 5) is 47.1. The topological polar surface area (TPSA) is 103 Å². The molecule has 2 aliphatic heterocycles. The third-order valence-corrected chi connectivity index (χ3v) is 8.65.